The molecule has 0 spiro atoms. The molecule has 4 rings (SSSR count). The summed E-state index contributed by atoms with van der Waals surface area (Å²) in [5.74, 6) is -1.21. The van der Waals surface area contributed by atoms with E-state index in [0.29, 0.717) is 17.9 Å². The third kappa shape index (κ3) is 3.81. The number of likely N-dealkylation sites (N-methyl/N-ethyl adjacent to an activating group) is 1. The molecule has 0 bridgehead atoms. The summed E-state index contributed by atoms with van der Waals surface area (Å²) >= 11 is 1.53. The largest absolute Gasteiger partial charge is 0.477 e. The number of thioether (sulfide) groups is 1. The molecule has 3 unspecified atom stereocenters. The molecule has 3 atom stereocenters. The van der Waals surface area contributed by atoms with Gasteiger partial charge in [-0.25, -0.2) is 4.79 Å². The highest BCUT2D eigenvalue weighted by molar-refractivity contribution is 8.00. The Hall–Kier alpha value is -2.62. The number of nitrogens with zero attached hydrogens (tertiary/aromatic N) is 2. The number of aliphatic carboxylic acids is 1. The van der Waals surface area contributed by atoms with Crippen LogP contribution in [0.25, 0.3) is 0 Å². The molecule has 152 valence electrons. The summed E-state index contributed by atoms with van der Waals surface area (Å²) in [6, 6.07) is 9.09. The Kier molecular flexibility index (Phi) is 5.44. The van der Waals surface area contributed by atoms with Gasteiger partial charge in [-0.05, 0) is 11.1 Å². The van der Waals surface area contributed by atoms with E-state index in [1.807, 2.05) is 30.3 Å². The first-order chi connectivity index (χ1) is 14.0. The maximum Gasteiger partial charge on any atom is 0.352 e. The Balaban J connectivity index is 1.48. The first-order valence-corrected chi connectivity index (χ1v) is 10.3. The molecule has 0 aliphatic carbocycles. The zero-order valence-corrected chi connectivity index (χ0v) is 16.6. The molecule has 2 N–H and O–H groups in total. The lowest BCUT2D eigenvalue weighted by atomic mass is 10.0. The monoisotopic (exact) mass is 415 g/mol. The van der Waals surface area contributed by atoms with Gasteiger partial charge in [0, 0.05) is 19.3 Å². The van der Waals surface area contributed by atoms with Crippen LogP contribution in [-0.2, 0) is 25.8 Å². The van der Waals surface area contributed by atoms with Crippen molar-refractivity contribution in [2.45, 2.75) is 30.4 Å². The van der Waals surface area contributed by atoms with Crippen molar-refractivity contribution in [2.24, 2.45) is 0 Å². The maximum atomic E-state index is 12.7. The van der Waals surface area contributed by atoms with Crippen LogP contribution in [-0.4, -0.2) is 63.2 Å². The average molecular weight is 415 g/mol. The second-order valence-electron chi connectivity index (χ2n) is 7.07. The van der Waals surface area contributed by atoms with Crippen molar-refractivity contribution in [3.8, 4) is 0 Å². The van der Waals surface area contributed by atoms with Crippen LogP contribution < -0.4 is 5.32 Å². The highest BCUT2D eigenvalue weighted by Crippen LogP contribution is 2.40. The molecule has 0 radical (unpaired) electrons. The van der Waals surface area contributed by atoms with Gasteiger partial charge in [0.25, 0.3) is 0 Å². The number of carbonyl (C=O) groups excluding carboxylic acids is 2. The number of carbonyl (C=O) groups is 3. The van der Waals surface area contributed by atoms with Crippen LogP contribution in [0.2, 0.25) is 0 Å². The number of hydroxylamine groups is 2. The summed E-state index contributed by atoms with van der Waals surface area (Å²) < 4.78 is 0. The topological polar surface area (TPSA) is 99.2 Å². The summed E-state index contributed by atoms with van der Waals surface area (Å²) in [5, 5.41) is 14.2. The summed E-state index contributed by atoms with van der Waals surface area (Å²) in [7, 11) is 1.65. The van der Waals surface area contributed by atoms with Gasteiger partial charge in [-0.3, -0.25) is 19.8 Å². The van der Waals surface area contributed by atoms with Gasteiger partial charge in [0.15, 0.2) is 0 Å². The van der Waals surface area contributed by atoms with Crippen molar-refractivity contribution < 1.29 is 24.3 Å². The molecule has 2 saturated heterocycles. The molecular weight excluding hydrogens is 394 g/mol. The van der Waals surface area contributed by atoms with E-state index in [-0.39, 0.29) is 35.4 Å². The Morgan fingerprint density at radius 1 is 1.34 bits per heavy atom. The number of fused-ring (bicyclic) bond motifs is 1. The van der Waals surface area contributed by atoms with E-state index in [1.54, 1.807) is 19.2 Å². The molecule has 9 heteroatoms. The quantitative estimate of drug-likeness (QED) is 0.667. The van der Waals surface area contributed by atoms with Crippen LogP contribution in [0, 0.1) is 0 Å². The number of amides is 1. The number of hydrogen-bond acceptors (Lipinski definition) is 7. The Bertz CT molecular complexity index is 901. The molecule has 3 aliphatic rings. The van der Waals surface area contributed by atoms with Crippen LogP contribution in [0.3, 0.4) is 0 Å². The van der Waals surface area contributed by atoms with Crippen molar-refractivity contribution in [1.82, 2.24) is 15.3 Å². The Labute approximate surface area is 172 Å². The maximum absolute atomic E-state index is 12.7. The number of nitrogens with one attached hydrogen (secondary N) is 1. The number of hydrogen-bond donors (Lipinski definition) is 2. The lowest BCUT2D eigenvalue weighted by Gasteiger charge is -2.49. The van der Waals surface area contributed by atoms with E-state index < -0.39 is 12.0 Å². The fraction of sp³-hybridized carbons (Fsp3) is 0.350. The minimum absolute atomic E-state index is 0.0145. The number of benzene rings is 1. The SMILES string of the molecule is CN1OC(=O)CC1C=CC1=C(C(=O)O)N2C(=O)C(NCc3ccccc3)C2SC1. The summed E-state index contributed by atoms with van der Waals surface area (Å²) in [6.45, 7) is 0.545. The molecule has 29 heavy (non-hydrogen) atoms. The van der Waals surface area contributed by atoms with Gasteiger partial charge in [0.1, 0.15) is 17.1 Å². The second kappa shape index (κ2) is 8.02. The third-order valence-electron chi connectivity index (χ3n) is 5.18. The van der Waals surface area contributed by atoms with Gasteiger partial charge in [-0.1, -0.05) is 42.5 Å². The zero-order valence-electron chi connectivity index (χ0n) is 15.8. The molecule has 0 aromatic heterocycles. The lowest BCUT2D eigenvalue weighted by Crippen LogP contribution is -2.69. The van der Waals surface area contributed by atoms with Gasteiger partial charge >= 0.3 is 11.9 Å². The van der Waals surface area contributed by atoms with Crippen molar-refractivity contribution in [3.63, 3.8) is 0 Å². The average Bonchev–Trinajstić information content (AvgIpc) is 3.03. The van der Waals surface area contributed by atoms with Crippen LogP contribution >= 0.6 is 11.8 Å². The number of rotatable bonds is 6. The highest BCUT2D eigenvalue weighted by atomic mass is 32.2. The standard InChI is InChI=1S/C20H21N3O5S/c1-22-14(9-15(24)28-22)8-7-13-11-29-19-16(18(25)23(19)17(13)20(26)27)21-10-12-5-3-2-4-6-12/h2-8,14,16,19,21H,9-11H2,1H3,(H,26,27). The van der Waals surface area contributed by atoms with E-state index in [2.05, 4.69) is 5.32 Å². The number of carboxylic acids is 1. The smallest absolute Gasteiger partial charge is 0.352 e. The van der Waals surface area contributed by atoms with E-state index >= 15 is 0 Å². The van der Waals surface area contributed by atoms with Crippen LogP contribution in [0.5, 0.6) is 0 Å². The fourth-order valence-corrected chi connectivity index (χ4v) is 4.98. The van der Waals surface area contributed by atoms with Gasteiger partial charge < -0.3 is 9.94 Å². The fourth-order valence-electron chi connectivity index (χ4n) is 3.63. The second-order valence-corrected chi connectivity index (χ2v) is 8.18. The van der Waals surface area contributed by atoms with Crippen LogP contribution in [0.15, 0.2) is 53.8 Å². The van der Waals surface area contributed by atoms with Gasteiger partial charge in [0.2, 0.25) is 5.91 Å². The zero-order chi connectivity index (χ0) is 20.5. The molecule has 8 nitrogen and oxygen atoms in total. The molecular formula is C20H21N3O5S. The van der Waals surface area contributed by atoms with E-state index in [1.165, 1.54) is 21.7 Å². The predicted molar refractivity (Wildman–Crippen MR) is 106 cm³/mol. The molecule has 1 aromatic rings. The number of allylic oxidation sites excluding steroid dienone is 1. The molecule has 0 saturated carbocycles. The Morgan fingerprint density at radius 2 is 2.10 bits per heavy atom. The molecule has 3 heterocycles. The summed E-state index contributed by atoms with van der Waals surface area (Å²) in [4.78, 5) is 42.3. The first-order valence-electron chi connectivity index (χ1n) is 9.26. The van der Waals surface area contributed by atoms with Crippen molar-refractivity contribution in [1.29, 1.82) is 0 Å². The summed E-state index contributed by atoms with van der Waals surface area (Å²) in [6.07, 6.45) is 3.65. The highest BCUT2D eigenvalue weighted by Gasteiger charge is 2.53. The Morgan fingerprint density at radius 3 is 2.76 bits per heavy atom. The minimum atomic E-state index is -1.13. The minimum Gasteiger partial charge on any atom is -0.477 e. The van der Waals surface area contributed by atoms with Crippen molar-refractivity contribution in [3.05, 3.63) is 59.3 Å². The van der Waals surface area contributed by atoms with Gasteiger partial charge in [-0.2, -0.15) is 0 Å². The number of carboxylic acid groups (broad SMARTS) is 1. The first kappa shape index (κ1) is 19.7. The van der Waals surface area contributed by atoms with E-state index in [9.17, 15) is 19.5 Å². The van der Waals surface area contributed by atoms with Gasteiger partial charge in [-0.15, -0.1) is 16.8 Å². The number of β-lactam (4-membered cyclic amide) rings is 1. The van der Waals surface area contributed by atoms with Gasteiger partial charge in [0.05, 0.1) is 12.5 Å². The van der Waals surface area contributed by atoms with Crippen LogP contribution in [0.4, 0.5) is 0 Å². The third-order valence-corrected chi connectivity index (χ3v) is 6.48. The predicted octanol–water partition coefficient (Wildman–Crippen LogP) is 1.12. The van der Waals surface area contributed by atoms with Crippen molar-refractivity contribution in [2.75, 3.05) is 12.8 Å². The van der Waals surface area contributed by atoms with E-state index in [0.717, 1.165) is 5.56 Å². The van der Waals surface area contributed by atoms with Crippen molar-refractivity contribution >= 4 is 29.6 Å². The molecule has 1 aromatic carbocycles. The summed E-state index contributed by atoms with van der Waals surface area (Å²) in [5.41, 5.74) is 1.64. The van der Waals surface area contributed by atoms with Crippen LogP contribution in [0.1, 0.15) is 12.0 Å². The van der Waals surface area contributed by atoms with E-state index in [4.69, 9.17) is 4.84 Å². The molecule has 3 aliphatic heterocycles. The lowest BCUT2D eigenvalue weighted by molar-refractivity contribution is -0.167. The molecule has 2 fully saturated rings. The molecule has 1 amide bonds. The normalized spacial score (nSPS) is 27.2.